The number of hydrogen-bond donors (Lipinski definition) is 1. The third kappa shape index (κ3) is 5.52. The van der Waals surface area contributed by atoms with Crippen molar-refractivity contribution in [2.24, 2.45) is 0 Å². The largest absolute Gasteiger partial charge is 0.483 e. The van der Waals surface area contributed by atoms with Gasteiger partial charge in [0.05, 0.1) is 29.8 Å². The van der Waals surface area contributed by atoms with Gasteiger partial charge < -0.3 is 19.5 Å². The van der Waals surface area contributed by atoms with Crippen molar-refractivity contribution in [1.82, 2.24) is 0 Å². The standard InChI is InChI=1S/C18H15BrFNO6/c1-25-17(23)10-5-11(18(24)26-2)7-13(6-10)21-16(22)9-27-15-4-3-12(20)8-14(15)19/h3-8H,9H2,1-2H3,(H,21,22). The second-order valence-corrected chi connectivity index (χ2v) is 6.05. The van der Waals surface area contributed by atoms with E-state index < -0.39 is 23.7 Å². The summed E-state index contributed by atoms with van der Waals surface area (Å²) in [5.41, 5.74) is 0.320. The molecule has 0 aliphatic rings. The minimum absolute atomic E-state index is 0.0675. The quantitative estimate of drug-likeness (QED) is 0.695. The van der Waals surface area contributed by atoms with Crippen molar-refractivity contribution in [3.8, 4) is 5.75 Å². The number of carbonyl (C=O) groups excluding carboxylic acids is 3. The summed E-state index contributed by atoms with van der Waals surface area (Å²) in [5, 5.41) is 2.51. The highest BCUT2D eigenvalue weighted by atomic mass is 79.9. The number of rotatable bonds is 6. The molecule has 0 spiro atoms. The molecule has 0 radical (unpaired) electrons. The molecule has 0 heterocycles. The molecule has 0 bridgehead atoms. The van der Waals surface area contributed by atoms with Crippen LogP contribution in [0.1, 0.15) is 20.7 Å². The first kappa shape index (κ1) is 20.4. The number of amides is 1. The van der Waals surface area contributed by atoms with E-state index in [2.05, 4.69) is 30.7 Å². The molecule has 1 N–H and O–H groups in total. The zero-order chi connectivity index (χ0) is 20.0. The Morgan fingerprint density at radius 3 is 2.11 bits per heavy atom. The Labute approximate surface area is 162 Å². The van der Waals surface area contributed by atoms with E-state index in [1.807, 2.05) is 0 Å². The van der Waals surface area contributed by atoms with Gasteiger partial charge in [0.15, 0.2) is 6.61 Å². The minimum Gasteiger partial charge on any atom is -0.483 e. The van der Waals surface area contributed by atoms with Crippen LogP contribution in [0.15, 0.2) is 40.9 Å². The molecular formula is C18H15BrFNO6. The molecule has 2 aromatic carbocycles. The molecule has 0 unspecified atom stereocenters. The molecule has 7 nitrogen and oxygen atoms in total. The van der Waals surface area contributed by atoms with Gasteiger partial charge in [0, 0.05) is 5.69 Å². The SMILES string of the molecule is COC(=O)c1cc(NC(=O)COc2ccc(F)cc2Br)cc(C(=O)OC)c1. The van der Waals surface area contributed by atoms with Gasteiger partial charge in [-0.2, -0.15) is 0 Å². The van der Waals surface area contributed by atoms with Crippen LogP contribution in [0.3, 0.4) is 0 Å². The molecule has 0 aromatic heterocycles. The molecule has 142 valence electrons. The molecule has 1 amide bonds. The van der Waals surface area contributed by atoms with E-state index in [0.717, 1.165) is 0 Å². The van der Waals surface area contributed by atoms with Gasteiger partial charge in [-0.15, -0.1) is 0 Å². The third-order valence-electron chi connectivity index (χ3n) is 3.31. The first-order valence-electron chi connectivity index (χ1n) is 7.53. The molecule has 27 heavy (non-hydrogen) atoms. The number of methoxy groups -OCH3 is 2. The van der Waals surface area contributed by atoms with Gasteiger partial charge in [-0.05, 0) is 52.3 Å². The predicted molar refractivity (Wildman–Crippen MR) is 97.3 cm³/mol. The fraction of sp³-hybridized carbons (Fsp3) is 0.167. The average molecular weight is 440 g/mol. The molecule has 0 aliphatic heterocycles. The summed E-state index contributed by atoms with van der Waals surface area (Å²) in [5.74, 6) is -2.08. The molecule has 0 atom stereocenters. The number of anilines is 1. The molecule has 2 aromatic rings. The van der Waals surface area contributed by atoms with Crippen LogP contribution in [0.5, 0.6) is 5.75 Å². The number of ether oxygens (including phenoxy) is 3. The summed E-state index contributed by atoms with van der Waals surface area (Å²) >= 11 is 3.13. The molecule has 0 saturated heterocycles. The van der Waals surface area contributed by atoms with Gasteiger partial charge in [0.2, 0.25) is 0 Å². The van der Waals surface area contributed by atoms with Crippen LogP contribution in [-0.4, -0.2) is 38.7 Å². The van der Waals surface area contributed by atoms with Crippen LogP contribution in [0.4, 0.5) is 10.1 Å². The maximum Gasteiger partial charge on any atom is 0.337 e. The van der Waals surface area contributed by atoms with Gasteiger partial charge in [0.25, 0.3) is 5.91 Å². The van der Waals surface area contributed by atoms with Gasteiger partial charge in [-0.1, -0.05) is 0 Å². The summed E-state index contributed by atoms with van der Waals surface area (Å²) in [4.78, 5) is 35.6. The summed E-state index contributed by atoms with van der Waals surface area (Å²) in [6.45, 7) is -0.375. The van der Waals surface area contributed by atoms with Crippen molar-refractivity contribution in [3.63, 3.8) is 0 Å². The van der Waals surface area contributed by atoms with Crippen molar-refractivity contribution >= 4 is 39.5 Å². The molecular weight excluding hydrogens is 425 g/mol. The highest BCUT2D eigenvalue weighted by Gasteiger charge is 2.15. The van der Waals surface area contributed by atoms with Crippen LogP contribution in [0.25, 0.3) is 0 Å². The Bertz CT molecular complexity index is 852. The minimum atomic E-state index is -0.678. The van der Waals surface area contributed by atoms with E-state index >= 15 is 0 Å². The summed E-state index contributed by atoms with van der Waals surface area (Å²) < 4.78 is 28.0. The van der Waals surface area contributed by atoms with E-state index in [9.17, 15) is 18.8 Å². The first-order chi connectivity index (χ1) is 12.8. The highest BCUT2D eigenvalue weighted by Crippen LogP contribution is 2.25. The van der Waals surface area contributed by atoms with Gasteiger partial charge >= 0.3 is 11.9 Å². The van der Waals surface area contributed by atoms with Crippen LogP contribution >= 0.6 is 15.9 Å². The number of benzene rings is 2. The molecule has 9 heteroatoms. The van der Waals surface area contributed by atoms with E-state index in [-0.39, 0.29) is 29.2 Å². The summed E-state index contributed by atoms with van der Waals surface area (Å²) in [6.07, 6.45) is 0. The lowest BCUT2D eigenvalue weighted by Crippen LogP contribution is -2.21. The lowest BCUT2D eigenvalue weighted by atomic mass is 10.1. The van der Waals surface area contributed by atoms with E-state index in [1.165, 1.54) is 50.6 Å². The fourth-order valence-corrected chi connectivity index (χ4v) is 2.57. The van der Waals surface area contributed by atoms with E-state index in [4.69, 9.17) is 4.74 Å². The Balaban J connectivity index is 2.13. The Hall–Kier alpha value is -2.94. The van der Waals surface area contributed by atoms with Crippen molar-refractivity contribution < 1.29 is 33.0 Å². The van der Waals surface area contributed by atoms with Crippen molar-refractivity contribution in [2.75, 3.05) is 26.1 Å². The van der Waals surface area contributed by atoms with Crippen LogP contribution < -0.4 is 10.1 Å². The Kier molecular flexibility index (Phi) is 6.89. The number of hydrogen-bond acceptors (Lipinski definition) is 6. The molecule has 0 saturated carbocycles. The number of halogens is 2. The fourth-order valence-electron chi connectivity index (χ4n) is 2.10. The zero-order valence-corrected chi connectivity index (χ0v) is 16.0. The number of esters is 2. The smallest absolute Gasteiger partial charge is 0.337 e. The lowest BCUT2D eigenvalue weighted by Gasteiger charge is -2.11. The molecule has 0 aliphatic carbocycles. The monoisotopic (exact) mass is 439 g/mol. The van der Waals surface area contributed by atoms with Gasteiger partial charge in [-0.3, -0.25) is 4.79 Å². The first-order valence-corrected chi connectivity index (χ1v) is 8.32. The van der Waals surface area contributed by atoms with Crippen LogP contribution in [0, 0.1) is 5.82 Å². The van der Waals surface area contributed by atoms with Crippen molar-refractivity contribution in [2.45, 2.75) is 0 Å². The second kappa shape index (κ2) is 9.13. The normalized spacial score (nSPS) is 10.1. The predicted octanol–water partition coefficient (Wildman–Crippen LogP) is 3.18. The lowest BCUT2D eigenvalue weighted by molar-refractivity contribution is -0.118. The zero-order valence-electron chi connectivity index (χ0n) is 14.4. The Morgan fingerprint density at radius 2 is 1.59 bits per heavy atom. The Morgan fingerprint density at radius 1 is 1.00 bits per heavy atom. The van der Waals surface area contributed by atoms with Gasteiger partial charge in [0.1, 0.15) is 11.6 Å². The van der Waals surface area contributed by atoms with Crippen LogP contribution in [0.2, 0.25) is 0 Å². The van der Waals surface area contributed by atoms with Gasteiger partial charge in [-0.25, -0.2) is 14.0 Å². The summed E-state index contributed by atoms with van der Waals surface area (Å²) in [6, 6.07) is 7.77. The second-order valence-electron chi connectivity index (χ2n) is 5.19. The topological polar surface area (TPSA) is 90.9 Å². The number of carbonyl (C=O) groups is 3. The summed E-state index contributed by atoms with van der Waals surface area (Å²) in [7, 11) is 2.39. The van der Waals surface area contributed by atoms with E-state index in [0.29, 0.717) is 4.47 Å². The van der Waals surface area contributed by atoms with E-state index in [1.54, 1.807) is 0 Å². The molecule has 2 rings (SSSR count). The maximum atomic E-state index is 13.1. The average Bonchev–Trinajstić information content (AvgIpc) is 2.65. The van der Waals surface area contributed by atoms with Crippen molar-refractivity contribution in [1.29, 1.82) is 0 Å². The third-order valence-corrected chi connectivity index (χ3v) is 3.93. The molecule has 0 fully saturated rings. The van der Waals surface area contributed by atoms with Crippen molar-refractivity contribution in [3.05, 3.63) is 57.8 Å². The maximum absolute atomic E-state index is 13.1. The number of nitrogens with one attached hydrogen (secondary N) is 1. The highest BCUT2D eigenvalue weighted by molar-refractivity contribution is 9.10. The van der Waals surface area contributed by atoms with Crippen LogP contribution in [-0.2, 0) is 14.3 Å².